The van der Waals surface area contributed by atoms with Crippen LogP contribution >= 0.6 is 0 Å². The summed E-state index contributed by atoms with van der Waals surface area (Å²) in [6, 6.07) is 5.43. The van der Waals surface area contributed by atoms with Gasteiger partial charge in [0, 0.05) is 36.3 Å². The number of hydrogen-bond donors (Lipinski definition) is 2. The van der Waals surface area contributed by atoms with Crippen molar-refractivity contribution in [3.8, 4) is 5.75 Å². The molecule has 2 aromatic heterocycles. The van der Waals surface area contributed by atoms with Crippen LogP contribution < -0.4 is 15.6 Å². The fourth-order valence-corrected chi connectivity index (χ4v) is 4.17. The van der Waals surface area contributed by atoms with Gasteiger partial charge in [-0.25, -0.2) is 4.79 Å². The Morgan fingerprint density at radius 3 is 2.59 bits per heavy atom. The number of aliphatic hydroxyl groups excluding tert-OH is 1. The van der Waals surface area contributed by atoms with E-state index in [-0.39, 0.29) is 24.1 Å². The number of alkyl carbamates (subject to hydrolysis) is 1. The largest absolute Gasteiger partial charge is 0.493 e. The average molecular weight is 470 g/mol. The number of aromatic nitrogens is 2. The molecule has 2 atom stereocenters. The van der Waals surface area contributed by atoms with Gasteiger partial charge in [-0.05, 0) is 64.5 Å². The summed E-state index contributed by atoms with van der Waals surface area (Å²) in [5.74, 6) is 0.663. The van der Waals surface area contributed by atoms with Crippen molar-refractivity contribution in [3.63, 3.8) is 0 Å². The third-order valence-electron chi connectivity index (χ3n) is 5.70. The zero-order valence-electron chi connectivity index (χ0n) is 21.1. The molecular weight excluding hydrogens is 434 g/mol. The normalized spacial score (nSPS) is 13.6. The standard InChI is InChI=1S/C26H35N3O5/c1-15(10-16(2)28-25(32)34-26(4,5)6)14-33-22-12-21-20(11-18(22)13-30)19-8-9-27-17(3)23(19)24(31)29(21)7/h8-9,11-12,15-16,30H,10,13-14H2,1-7H3,(H,28,32). The molecule has 0 fully saturated rings. The number of carbonyl (C=O) groups is 1. The highest BCUT2D eigenvalue weighted by Crippen LogP contribution is 2.31. The average Bonchev–Trinajstić information content (AvgIpc) is 2.73. The Morgan fingerprint density at radius 1 is 1.24 bits per heavy atom. The Bertz CT molecular complexity index is 1260. The van der Waals surface area contributed by atoms with E-state index in [0.717, 1.165) is 16.3 Å². The number of hydrogen-bond acceptors (Lipinski definition) is 6. The molecule has 8 nitrogen and oxygen atoms in total. The van der Waals surface area contributed by atoms with E-state index in [0.29, 0.717) is 35.4 Å². The molecule has 1 amide bonds. The molecule has 0 aliphatic heterocycles. The van der Waals surface area contributed by atoms with Gasteiger partial charge in [0.05, 0.1) is 29.8 Å². The van der Waals surface area contributed by atoms with E-state index in [1.165, 1.54) is 0 Å². The second kappa shape index (κ2) is 10.0. The summed E-state index contributed by atoms with van der Waals surface area (Å²) in [4.78, 5) is 29.2. The molecule has 0 bridgehead atoms. The Balaban J connectivity index is 1.80. The van der Waals surface area contributed by atoms with E-state index in [1.807, 2.05) is 59.7 Å². The molecule has 0 saturated heterocycles. The smallest absolute Gasteiger partial charge is 0.407 e. The van der Waals surface area contributed by atoms with Gasteiger partial charge in [0.25, 0.3) is 5.56 Å². The Labute approximate surface area is 199 Å². The lowest BCUT2D eigenvalue weighted by atomic mass is 10.0. The summed E-state index contributed by atoms with van der Waals surface area (Å²) in [6.45, 7) is 11.5. The van der Waals surface area contributed by atoms with Crippen LogP contribution in [0, 0.1) is 12.8 Å². The number of nitrogens with zero attached hydrogens (tertiary/aromatic N) is 2. The van der Waals surface area contributed by atoms with Gasteiger partial charge >= 0.3 is 6.09 Å². The van der Waals surface area contributed by atoms with Crippen molar-refractivity contribution in [3.05, 3.63) is 46.0 Å². The first-order chi connectivity index (χ1) is 15.9. The van der Waals surface area contributed by atoms with Crippen molar-refractivity contribution in [2.24, 2.45) is 13.0 Å². The SMILES string of the molecule is Cc1nccc2c1c(=O)n(C)c1cc(OCC(C)CC(C)NC(=O)OC(C)(C)C)c(CO)cc21. The third kappa shape index (κ3) is 5.67. The fraction of sp³-hybridized carbons (Fsp3) is 0.500. The zero-order chi connectivity index (χ0) is 25.2. The third-order valence-corrected chi connectivity index (χ3v) is 5.70. The number of pyridine rings is 2. The van der Waals surface area contributed by atoms with Gasteiger partial charge in [-0.1, -0.05) is 6.92 Å². The molecule has 8 heteroatoms. The maximum Gasteiger partial charge on any atom is 0.407 e. The van der Waals surface area contributed by atoms with E-state index in [2.05, 4.69) is 10.3 Å². The minimum Gasteiger partial charge on any atom is -0.493 e. The van der Waals surface area contributed by atoms with Gasteiger partial charge in [-0.2, -0.15) is 0 Å². The lowest BCUT2D eigenvalue weighted by Gasteiger charge is -2.23. The topological polar surface area (TPSA) is 103 Å². The molecule has 2 N–H and O–H groups in total. The number of benzene rings is 1. The molecule has 3 aromatic rings. The minimum atomic E-state index is -0.546. The van der Waals surface area contributed by atoms with Crippen molar-refractivity contribution in [2.75, 3.05) is 6.61 Å². The fourth-order valence-electron chi connectivity index (χ4n) is 4.17. The van der Waals surface area contributed by atoms with Gasteiger partial charge in [0.1, 0.15) is 11.4 Å². The molecule has 0 radical (unpaired) electrons. The molecule has 2 unspecified atom stereocenters. The molecule has 3 rings (SSSR count). The molecule has 0 aliphatic rings. The highest BCUT2D eigenvalue weighted by molar-refractivity contribution is 6.06. The van der Waals surface area contributed by atoms with Gasteiger partial charge in [0.15, 0.2) is 0 Å². The van der Waals surface area contributed by atoms with E-state index >= 15 is 0 Å². The quantitative estimate of drug-likeness (QED) is 0.503. The first-order valence-corrected chi connectivity index (χ1v) is 11.6. The molecule has 1 aromatic carbocycles. The molecular formula is C26H35N3O5. The van der Waals surface area contributed by atoms with Crippen LogP contribution in [0.1, 0.15) is 52.3 Å². The van der Waals surface area contributed by atoms with Crippen molar-refractivity contribution in [1.29, 1.82) is 0 Å². The maximum absolute atomic E-state index is 13.0. The number of ether oxygens (including phenoxy) is 2. The van der Waals surface area contributed by atoms with Crippen molar-refractivity contribution in [2.45, 2.75) is 66.2 Å². The summed E-state index contributed by atoms with van der Waals surface area (Å²) in [5.41, 5.74) is 1.38. The first kappa shape index (κ1) is 25.5. The lowest BCUT2D eigenvalue weighted by molar-refractivity contribution is 0.0500. The second-order valence-electron chi connectivity index (χ2n) is 10.0. The van der Waals surface area contributed by atoms with Gasteiger partial charge in [-0.3, -0.25) is 9.78 Å². The van der Waals surface area contributed by atoms with Crippen molar-refractivity contribution < 1.29 is 19.4 Å². The van der Waals surface area contributed by atoms with E-state index < -0.39 is 11.7 Å². The zero-order valence-corrected chi connectivity index (χ0v) is 21.1. The second-order valence-corrected chi connectivity index (χ2v) is 10.0. The number of fused-ring (bicyclic) bond motifs is 3. The van der Waals surface area contributed by atoms with Crippen LogP contribution in [0.15, 0.2) is 29.2 Å². The Kier molecular flexibility index (Phi) is 7.51. The summed E-state index contributed by atoms with van der Waals surface area (Å²) in [7, 11) is 1.73. The van der Waals surface area contributed by atoms with E-state index in [1.54, 1.807) is 17.8 Å². The highest BCUT2D eigenvalue weighted by Gasteiger charge is 2.20. The number of aryl methyl sites for hydroxylation is 2. The summed E-state index contributed by atoms with van der Waals surface area (Å²) >= 11 is 0. The Morgan fingerprint density at radius 2 is 1.94 bits per heavy atom. The number of carbonyl (C=O) groups excluding carboxylic acids is 1. The van der Waals surface area contributed by atoms with Crippen LogP contribution in [0.25, 0.3) is 21.7 Å². The molecule has 2 heterocycles. The molecule has 0 spiro atoms. The summed E-state index contributed by atoms with van der Waals surface area (Å²) in [6.07, 6.45) is 1.94. The monoisotopic (exact) mass is 469 g/mol. The number of aliphatic hydroxyl groups is 1. The lowest BCUT2D eigenvalue weighted by Crippen LogP contribution is -2.38. The van der Waals surface area contributed by atoms with Crippen molar-refractivity contribution in [1.82, 2.24) is 14.9 Å². The number of nitrogens with one attached hydrogen (secondary N) is 1. The maximum atomic E-state index is 13.0. The predicted molar refractivity (Wildman–Crippen MR) is 133 cm³/mol. The van der Waals surface area contributed by atoms with Crippen LogP contribution in [0.3, 0.4) is 0 Å². The van der Waals surface area contributed by atoms with Gasteiger partial charge in [-0.15, -0.1) is 0 Å². The predicted octanol–water partition coefficient (Wildman–Crippen LogP) is 4.21. The molecule has 34 heavy (non-hydrogen) atoms. The number of amides is 1. The summed E-state index contributed by atoms with van der Waals surface area (Å²) < 4.78 is 13.0. The Hall–Kier alpha value is -3.13. The van der Waals surface area contributed by atoms with Gasteiger partial charge in [0.2, 0.25) is 0 Å². The van der Waals surface area contributed by atoms with E-state index in [9.17, 15) is 14.7 Å². The molecule has 0 aliphatic carbocycles. The van der Waals surface area contributed by atoms with Crippen LogP contribution in [0.5, 0.6) is 5.75 Å². The minimum absolute atomic E-state index is 0.0913. The first-order valence-electron chi connectivity index (χ1n) is 11.6. The van der Waals surface area contributed by atoms with Gasteiger partial charge < -0.3 is 24.5 Å². The van der Waals surface area contributed by atoms with Crippen molar-refractivity contribution >= 4 is 27.8 Å². The summed E-state index contributed by atoms with van der Waals surface area (Å²) in [5, 5.41) is 15.1. The van der Waals surface area contributed by atoms with E-state index in [4.69, 9.17) is 9.47 Å². The van der Waals surface area contributed by atoms with Crippen LogP contribution in [-0.4, -0.2) is 39.0 Å². The highest BCUT2D eigenvalue weighted by atomic mass is 16.6. The number of rotatable bonds is 7. The van der Waals surface area contributed by atoms with Crippen LogP contribution in [-0.2, 0) is 18.4 Å². The van der Waals surface area contributed by atoms with Crippen LogP contribution in [0.4, 0.5) is 4.79 Å². The molecule has 184 valence electrons. The van der Waals surface area contributed by atoms with Crippen LogP contribution in [0.2, 0.25) is 0 Å². The molecule has 0 saturated carbocycles.